The van der Waals surface area contributed by atoms with Crippen molar-refractivity contribution in [2.24, 2.45) is 17.3 Å². The third kappa shape index (κ3) is 1.88. The monoisotopic (exact) mass is 218 g/mol. The summed E-state index contributed by atoms with van der Waals surface area (Å²) < 4.78 is 0. The molecule has 1 nitrogen and oxygen atoms in total. The van der Waals surface area contributed by atoms with E-state index < -0.39 is 0 Å². The van der Waals surface area contributed by atoms with Crippen LogP contribution in [-0.2, 0) is 4.79 Å². The minimum atomic E-state index is 0.174. The first-order valence-electron chi connectivity index (χ1n) is 6.45. The summed E-state index contributed by atoms with van der Waals surface area (Å²) in [6, 6.07) is 0. The molecule has 2 aliphatic rings. The van der Waals surface area contributed by atoms with Gasteiger partial charge in [-0.05, 0) is 49.5 Å². The minimum Gasteiger partial charge on any atom is -0.295 e. The summed E-state index contributed by atoms with van der Waals surface area (Å²) >= 11 is 0. The van der Waals surface area contributed by atoms with Gasteiger partial charge < -0.3 is 0 Å². The molecule has 1 heteroatoms. The maximum absolute atomic E-state index is 11.5. The smallest absolute Gasteiger partial charge is 0.156 e. The maximum atomic E-state index is 11.5. The van der Waals surface area contributed by atoms with E-state index in [1.807, 2.05) is 6.08 Å². The second-order valence-electron chi connectivity index (χ2n) is 5.64. The third-order valence-corrected chi connectivity index (χ3v) is 4.60. The number of carbonyl (C=O) groups is 1. The highest BCUT2D eigenvalue weighted by Gasteiger charge is 2.44. The lowest BCUT2D eigenvalue weighted by Crippen LogP contribution is -2.35. The van der Waals surface area contributed by atoms with Crippen LogP contribution in [0.25, 0.3) is 0 Å². The second kappa shape index (κ2) is 4.20. The molecule has 0 amide bonds. The van der Waals surface area contributed by atoms with E-state index in [1.165, 1.54) is 24.8 Å². The van der Waals surface area contributed by atoms with Crippen LogP contribution in [0.4, 0.5) is 0 Å². The predicted molar refractivity (Wildman–Crippen MR) is 67.1 cm³/mol. The lowest BCUT2D eigenvalue weighted by Gasteiger charge is -2.43. The van der Waals surface area contributed by atoms with E-state index in [0.717, 1.165) is 12.8 Å². The fourth-order valence-corrected chi connectivity index (χ4v) is 3.57. The molecular weight excluding hydrogens is 196 g/mol. The van der Waals surface area contributed by atoms with Gasteiger partial charge in [-0.3, -0.25) is 4.79 Å². The number of hydrogen-bond donors (Lipinski definition) is 0. The molecule has 2 aliphatic carbocycles. The zero-order valence-electron chi connectivity index (χ0n) is 10.5. The minimum absolute atomic E-state index is 0.174. The van der Waals surface area contributed by atoms with Crippen molar-refractivity contribution in [3.8, 4) is 0 Å². The Morgan fingerprint density at radius 2 is 2.31 bits per heavy atom. The Balaban J connectivity index is 2.21. The molecule has 0 saturated heterocycles. The summed E-state index contributed by atoms with van der Waals surface area (Å²) in [4.78, 5) is 11.5. The Labute approximate surface area is 98.6 Å². The van der Waals surface area contributed by atoms with Crippen LogP contribution in [0.15, 0.2) is 24.3 Å². The quantitative estimate of drug-likeness (QED) is 0.642. The van der Waals surface area contributed by atoms with Gasteiger partial charge in [0.15, 0.2) is 5.78 Å². The van der Waals surface area contributed by atoms with Gasteiger partial charge >= 0.3 is 0 Å². The topological polar surface area (TPSA) is 17.1 Å². The Hall–Kier alpha value is -0.850. The highest BCUT2D eigenvalue weighted by Crippen LogP contribution is 2.52. The van der Waals surface area contributed by atoms with Gasteiger partial charge in [0.1, 0.15) is 0 Å². The van der Waals surface area contributed by atoms with Crippen molar-refractivity contribution in [2.75, 3.05) is 0 Å². The summed E-state index contributed by atoms with van der Waals surface area (Å²) in [6.07, 6.45) is 9.62. The summed E-state index contributed by atoms with van der Waals surface area (Å²) in [6.45, 7) is 8.48. The Morgan fingerprint density at radius 3 is 2.81 bits per heavy atom. The van der Waals surface area contributed by atoms with Gasteiger partial charge in [-0.15, -0.1) is 0 Å². The number of hydrogen-bond acceptors (Lipinski definition) is 1. The zero-order valence-corrected chi connectivity index (χ0v) is 10.5. The Kier molecular flexibility index (Phi) is 3.05. The van der Waals surface area contributed by atoms with Crippen molar-refractivity contribution < 1.29 is 4.79 Å². The van der Waals surface area contributed by atoms with Gasteiger partial charge in [0.25, 0.3) is 0 Å². The molecule has 1 fully saturated rings. The second-order valence-corrected chi connectivity index (χ2v) is 5.64. The van der Waals surface area contributed by atoms with Crippen LogP contribution in [0.1, 0.15) is 46.0 Å². The largest absolute Gasteiger partial charge is 0.295 e. The number of ketones is 1. The maximum Gasteiger partial charge on any atom is 0.156 e. The Morgan fingerprint density at radius 1 is 1.56 bits per heavy atom. The molecule has 0 unspecified atom stereocenters. The van der Waals surface area contributed by atoms with E-state index in [-0.39, 0.29) is 5.41 Å². The van der Waals surface area contributed by atoms with Gasteiger partial charge in [0.05, 0.1) is 0 Å². The summed E-state index contributed by atoms with van der Waals surface area (Å²) in [5.74, 6) is 1.64. The molecule has 3 atom stereocenters. The van der Waals surface area contributed by atoms with Crippen LogP contribution >= 0.6 is 0 Å². The predicted octanol–water partition coefficient (Wildman–Crippen LogP) is 3.90. The van der Waals surface area contributed by atoms with E-state index in [2.05, 4.69) is 26.5 Å². The molecule has 0 radical (unpaired) electrons. The van der Waals surface area contributed by atoms with Gasteiger partial charge in [-0.2, -0.15) is 0 Å². The third-order valence-electron chi connectivity index (χ3n) is 4.60. The van der Waals surface area contributed by atoms with Crippen LogP contribution in [0.2, 0.25) is 0 Å². The average molecular weight is 218 g/mol. The molecule has 0 heterocycles. The van der Waals surface area contributed by atoms with E-state index in [1.54, 1.807) is 0 Å². The first kappa shape index (κ1) is 11.6. The van der Waals surface area contributed by atoms with Crippen LogP contribution in [0.3, 0.4) is 0 Å². The summed E-state index contributed by atoms with van der Waals surface area (Å²) in [5, 5.41) is 0. The van der Waals surface area contributed by atoms with Crippen molar-refractivity contribution in [3.05, 3.63) is 24.3 Å². The average Bonchev–Trinajstić information content (AvgIpc) is 2.60. The molecule has 0 aromatic carbocycles. The van der Waals surface area contributed by atoms with E-state index in [0.29, 0.717) is 17.6 Å². The molecule has 88 valence electrons. The molecular formula is C15H22O. The van der Waals surface area contributed by atoms with Crippen LogP contribution < -0.4 is 0 Å². The SMILES string of the molecule is C=C(C)[C@H]1CC[C@H](CC)[C@]2(C=CC(=O)C2)C1. The molecule has 0 aromatic heterocycles. The first-order valence-corrected chi connectivity index (χ1v) is 6.45. The van der Waals surface area contributed by atoms with Crippen molar-refractivity contribution >= 4 is 5.78 Å². The van der Waals surface area contributed by atoms with E-state index in [9.17, 15) is 4.79 Å². The lowest BCUT2D eigenvalue weighted by atomic mass is 9.61. The van der Waals surface area contributed by atoms with Gasteiger partial charge in [0.2, 0.25) is 0 Å². The summed E-state index contributed by atoms with van der Waals surface area (Å²) in [7, 11) is 0. The van der Waals surface area contributed by atoms with Crippen molar-refractivity contribution in [1.82, 2.24) is 0 Å². The fourth-order valence-electron chi connectivity index (χ4n) is 3.57. The number of allylic oxidation sites excluding steroid dienone is 3. The molecule has 0 aromatic rings. The molecule has 0 bridgehead atoms. The van der Waals surface area contributed by atoms with Crippen LogP contribution in [0, 0.1) is 17.3 Å². The summed E-state index contributed by atoms with van der Waals surface area (Å²) in [5.41, 5.74) is 1.47. The van der Waals surface area contributed by atoms with Crippen LogP contribution in [-0.4, -0.2) is 5.78 Å². The van der Waals surface area contributed by atoms with Crippen molar-refractivity contribution in [3.63, 3.8) is 0 Å². The zero-order chi connectivity index (χ0) is 11.8. The highest BCUT2D eigenvalue weighted by atomic mass is 16.1. The number of carbonyl (C=O) groups excluding carboxylic acids is 1. The molecule has 0 N–H and O–H groups in total. The van der Waals surface area contributed by atoms with Crippen molar-refractivity contribution in [2.45, 2.75) is 46.0 Å². The van der Waals surface area contributed by atoms with E-state index >= 15 is 0 Å². The normalized spacial score (nSPS) is 38.2. The van der Waals surface area contributed by atoms with Gasteiger partial charge in [0, 0.05) is 6.42 Å². The lowest BCUT2D eigenvalue weighted by molar-refractivity contribution is -0.116. The first-order chi connectivity index (χ1) is 7.57. The Bertz CT molecular complexity index is 339. The van der Waals surface area contributed by atoms with Crippen LogP contribution in [0.5, 0.6) is 0 Å². The molecule has 1 saturated carbocycles. The van der Waals surface area contributed by atoms with Gasteiger partial charge in [-0.1, -0.05) is 31.6 Å². The highest BCUT2D eigenvalue weighted by molar-refractivity contribution is 5.93. The number of rotatable bonds is 2. The standard InChI is InChI=1S/C15H22O/c1-4-13-6-5-12(11(2)3)9-15(13)8-7-14(16)10-15/h7-8,12-13H,2,4-6,9-10H2,1,3H3/t12-,13-,15+/m0/s1. The molecule has 2 rings (SSSR count). The van der Waals surface area contributed by atoms with Crippen molar-refractivity contribution in [1.29, 1.82) is 0 Å². The molecule has 16 heavy (non-hydrogen) atoms. The molecule has 1 spiro atoms. The van der Waals surface area contributed by atoms with E-state index in [4.69, 9.17) is 0 Å². The van der Waals surface area contributed by atoms with Gasteiger partial charge in [-0.25, -0.2) is 0 Å². The molecule has 0 aliphatic heterocycles. The fraction of sp³-hybridized carbons (Fsp3) is 0.667.